The third kappa shape index (κ3) is 3.85. The van der Waals surface area contributed by atoms with Crippen LogP contribution >= 0.6 is 23.7 Å². The van der Waals surface area contributed by atoms with Crippen molar-refractivity contribution in [1.29, 1.82) is 0 Å². The summed E-state index contributed by atoms with van der Waals surface area (Å²) in [5, 5.41) is 7.24. The van der Waals surface area contributed by atoms with Crippen LogP contribution in [-0.4, -0.2) is 36.4 Å². The van der Waals surface area contributed by atoms with Crippen LogP contribution in [0.2, 0.25) is 0 Å². The molecule has 0 saturated carbocycles. The van der Waals surface area contributed by atoms with Gasteiger partial charge in [0.05, 0.1) is 4.88 Å². The molecule has 138 valence electrons. The van der Waals surface area contributed by atoms with E-state index in [9.17, 15) is 0 Å². The second-order valence-electron chi connectivity index (χ2n) is 5.93. The van der Waals surface area contributed by atoms with Gasteiger partial charge in [0.25, 0.3) is 5.89 Å². The van der Waals surface area contributed by atoms with Crippen LogP contribution in [0.15, 0.2) is 34.9 Å². The summed E-state index contributed by atoms with van der Waals surface area (Å²) in [5.74, 6) is 2.87. The number of rotatable bonds is 5. The molecule has 0 saturated heterocycles. The molecule has 3 aromatic rings. The van der Waals surface area contributed by atoms with Gasteiger partial charge in [0.2, 0.25) is 0 Å². The van der Waals surface area contributed by atoms with Crippen LogP contribution in [0.3, 0.4) is 0 Å². The Morgan fingerprint density at radius 1 is 1.12 bits per heavy atom. The predicted octanol–water partition coefficient (Wildman–Crippen LogP) is 3.81. The molecule has 1 aromatic carbocycles. The fourth-order valence-corrected chi connectivity index (χ4v) is 3.54. The smallest absolute Gasteiger partial charge is 0.268 e. The first-order valence-electron chi connectivity index (χ1n) is 8.23. The summed E-state index contributed by atoms with van der Waals surface area (Å²) in [7, 11) is 1.92. The number of fused-ring (bicyclic) bond motifs is 1. The predicted molar refractivity (Wildman–Crippen MR) is 104 cm³/mol. The van der Waals surface area contributed by atoms with Gasteiger partial charge in [-0.25, -0.2) is 0 Å². The van der Waals surface area contributed by atoms with Gasteiger partial charge < -0.3 is 19.3 Å². The molecule has 0 fully saturated rings. The molecule has 1 atom stereocenters. The fraction of sp³-hybridized carbons (Fsp3) is 0.333. The molecule has 1 unspecified atom stereocenters. The van der Waals surface area contributed by atoms with Crippen molar-refractivity contribution < 1.29 is 14.0 Å². The Labute approximate surface area is 161 Å². The highest BCUT2D eigenvalue weighted by molar-refractivity contribution is 7.18. The SMILES string of the molecule is CNC(C)Cc1noc(-c2ccc(-c3ccc4c(c3)OCCO4)s2)n1.Cl. The van der Waals surface area contributed by atoms with Crippen LogP contribution in [0, 0.1) is 0 Å². The van der Waals surface area contributed by atoms with E-state index in [1.54, 1.807) is 11.3 Å². The summed E-state index contributed by atoms with van der Waals surface area (Å²) in [6.45, 7) is 3.27. The van der Waals surface area contributed by atoms with Crippen LogP contribution in [0.25, 0.3) is 21.2 Å². The van der Waals surface area contributed by atoms with E-state index < -0.39 is 0 Å². The number of benzene rings is 1. The Morgan fingerprint density at radius 3 is 2.69 bits per heavy atom. The standard InChI is InChI=1S/C18H19N3O3S.ClH/c1-11(19-2)9-17-20-18(24-21-17)16-6-5-15(25-16)12-3-4-13-14(10-12)23-8-7-22-13;/h3-6,10-11,19H,7-9H2,1-2H3;1H. The van der Waals surface area contributed by atoms with Crippen molar-refractivity contribution in [2.75, 3.05) is 20.3 Å². The van der Waals surface area contributed by atoms with Gasteiger partial charge in [0, 0.05) is 17.3 Å². The fourth-order valence-electron chi connectivity index (χ4n) is 2.62. The summed E-state index contributed by atoms with van der Waals surface area (Å²) in [6.07, 6.45) is 0.737. The Balaban J connectivity index is 0.00000196. The van der Waals surface area contributed by atoms with E-state index in [1.165, 1.54) is 0 Å². The molecule has 6 nitrogen and oxygen atoms in total. The molecule has 2 aromatic heterocycles. The lowest BCUT2D eigenvalue weighted by atomic mass is 10.1. The third-order valence-corrected chi connectivity index (χ3v) is 5.22. The van der Waals surface area contributed by atoms with Crippen LogP contribution in [-0.2, 0) is 6.42 Å². The zero-order valence-corrected chi connectivity index (χ0v) is 16.2. The number of ether oxygens (including phenoxy) is 2. The van der Waals surface area contributed by atoms with Gasteiger partial charge >= 0.3 is 0 Å². The number of thiophene rings is 1. The maximum atomic E-state index is 5.66. The number of hydrogen-bond donors (Lipinski definition) is 1. The zero-order chi connectivity index (χ0) is 17.2. The van der Waals surface area contributed by atoms with Gasteiger partial charge in [-0.1, -0.05) is 5.16 Å². The molecule has 3 heterocycles. The summed E-state index contributed by atoms with van der Waals surface area (Å²) in [6, 6.07) is 10.4. The lowest BCUT2D eigenvalue weighted by molar-refractivity contribution is 0.171. The molecule has 0 amide bonds. The van der Waals surface area contributed by atoms with Crippen LogP contribution in [0.5, 0.6) is 11.5 Å². The average Bonchev–Trinajstić information content (AvgIpc) is 3.30. The van der Waals surface area contributed by atoms with Crippen LogP contribution < -0.4 is 14.8 Å². The van der Waals surface area contributed by atoms with Gasteiger partial charge in [-0.3, -0.25) is 0 Å². The zero-order valence-electron chi connectivity index (χ0n) is 14.5. The molecular formula is C18H20ClN3O3S. The monoisotopic (exact) mass is 393 g/mol. The highest BCUT2D eigenvalue weighted by Gasteiger charge is 2.16. The van der Waals surface area contributed by atoms with E-state index in [4.69, 9.17) is 14.0 Å². The third-order valence-electron chi connectivity index (χ3n) is 4.09. The Morgan fingerprint density at radius 2 is 1.88 bits per heavy atom. The molecule has 0 spiro atoms. The van der Waals surface area contributed by atoms with E-state index in [-0.39, 0.29) is 12.4 Å². The Hall–Kier alpha value is -2.09. The van der Waals surface area contributed by atoms with Gasteiger partial charge in [0.15, 0.2) is 17.3 Å². The van der Waals surface area contributed by atoms with Gasteiger partial charge in [-0.05, 0) is 49.9 Å². The van der Waals surface area contributed by atoms with Gasteiger partial charge in [-0.15, -0.1) is 23.7 Å². The average molecular weight is 394 g/mol. The maximum absolute atomic E-state index is 5.66. The topological polar surface area (TPSA) is 69.4 Å². The number of likely N-dealkylation sites (N-methyl/N-ethyl adjacent to an activating group) is 1. The Bertz CT molecular complexity index is 880. The van der Waals surface area contributed by atoms with Crippen molar-refractivity contribution in [3.63, 3.8) is 0 Å². The van der Waals surface area contributed by atoms with E-state index in [1.807, 2.05) is 31.3 Å². The quantitative estimate of drug-likeness (QED) is 0.710. The first-order chi connectivity index (χ1) is 12.2. The number of hydrogen-bond acceptors (Lipinski definition) is 7. The largest absolute Gasteiger partial charge is 0.486 e. The van der Waals surface area contributed by atoms with E-state index >= 15 is 0 Å². The van der Waals surface area contributed by atoms with Crippen molar-refractivity contribution in [1.82, 2.24) is 15.5 Å². The minimum Gasteiger partial charge on any atom is -0.486 e. The lowest BCUT2D eigenvalue weighted by Crippen LogP contribution is -2.24. The van der Waals surface area contributed by atoms with Crippen molar-refractivity contribution in [2.45, 2.75) is 19.4 Å². The number of halogens is 1. The molecular weight excluding hydrogens is 374 g/mol. The van der Waals surface area contributed by atoms with Crippen LogP contribution in [0.4, 0.5) is 0 Å². The minimum absolute atomic E-state index is 0. The molecule has 1 aliphatic heterocycles. The summed E-state index contributed by atoms with van der Waals surface area (Å²) < 4.78 is 16.6. The molecule has 8 heteroatoms. The van der Waals surface area contributed by atoms with Crippen molar-refractivity contribution in [2.24, 2.45) is 0 Å². The summed E-state index contributed by atoms with van der Waals surface area (Å²) in [4.78, 5) is 6.57. The molecule has 26 heavy (non-hydrogen) atoms. The van der Waals surface area contributed by atoms with E-state index in [0.29, 0.717) is 31.0 Å². The second kappa shape index (κ2) is 8.07. The molecule has 0 radical (unpaired) electrons. The van der Waals surface area contributed by atoms with Crippen molar-refractivity contribution in [3.8, 4) is 32.7 Å². The summed E-state index contributed by atoms with van der Waals surface area (Å²) >= 11 is 1.62. The second-order valence-corrected chi connectivity index (χ2v) is 7.02. The summed E-state index contributed by atoms with van der Waals surface area (Å²) in [5.41, 5.74) is 1.09. The highest BCUT2D eigenvalue weighted by Crippen LogP contribution is 2.38. The Kier molecular flexibility index (Phi) is 5.80. The molecule has 1 aliphatic rings. The first kappa shape index (κ1) is 18.7. The van der Waals surface area contributed by atoms with Gasteiger partial charge in [-0.2, -0.15) is 4.98 Å². The van der Waals surface area contributed by atoms with E-state index in [0.717, 1.165) is 33.2 Å². The number of aromatic nitrogens is 2. The molecule has 0 bridgehead atoms. The van der Waals surface area contributed by atoms with Crippen LogP contribution in [0.1, 0.15) is 12.7 Å². The lowest BCUT2D eigenvalue weighted by Gasteiger charge is -2.18. The molecule has 4 rings (SSSR count). The van der Waals surface area contributed by atoms with Crippen molar-refractivity contribution >= 4 is 23.7 Å². The first-order valence-corrected chi connectivity index (χ1v) is 9.04. The van der Waals surface area contributed by atoms with Gasteiger partial charge in [0.1, 0.15) is 13.2 Å². The minimum atomic E-state index is 0. The molecule has 1 N–H and O–H groups in total. The number of nitrogens with zero attached hydrogens (tertiary/aromatic N) is 2. The van der Waals surface area contributed by atoms with Crippen molar-refractivity contribution in [3.05, 3.63) is 36.2 Å². The number of nitrogens with one attached hydrogen (secondary N) is 1. The molecule has 0 aliphatic carbocycles. The van der Waals surface area contributed by atoms with E-state index in [2.05, 4.69) is 28.4 Å². The highest BCUT2D eigenvalue weighted by atomic mass is 35.5. The normalized spacial score (nSPS) is 13.9. The maximum Gasteiger partial charge on any atom is 0.268 e.